The van der Waals surface area contributed by atoms with Gasteiger partial charge in [-0.25, -0.2) is 11.6 Å². The molecule has 7 heteroatoms. The zero-order valence-electron chi connectivity index (χ0n) is 18.3. The lowest BCUT2D eigenvalue weighted by Crippen LogP contribution is -2.40. The Morgan fingerprint density at radius 2 is 1.32 bits per heavy atom. The minimum absolute atomic E-state index is 0.268. The molecule has 3 nitrogen and oxygen atoms in total. The molecule has 0 radical (unpaired) electrons. The van der Waals surface area contributed by atoms with Crippen LogP contribution in [-0.4, -0.2) is 36.6 Å². The smallest absolute Gasteiger partial charge is 0.274 e. The molecule has 3 rings (SSSR count). The van der Waals surface area contributed by atoms with Gasteiger partial charge >= 0.3 is 0 Å². The molecule has 0 spiro atoms. The van der Waals surface area contributed by atoms with Crippen LogP contribution < -0.4 is 32.6 Å². The van der Waals surface area contributed by atoms with Gasteiger partial charge in [-0.3, -0.25) is 0 Å². The summed E-state index contributed by atoms with van der Waals surface area (Å²) in [6, 6.07) is 25.5. The van der Waals surface area contributed by atoms with Gasteiger partial charge in [-0.2, -0.15) is 11.6 Å². The first kappa shape index (κ1) is 23.9. The van der Waals surface area contributed by atoms with Crippen molar-refractivity contribution < 1.29 is 4.74 Å². The van der Waals surface area contributed by atoms with Crippen molar-refractivity contribution in [2.45, 2.75) is 13.7 Å². The van der Waals surface area contributed by atoms with Gasteiger partial charge in [0.25, 0.3) is 5.99 Å². The van der Waals surface area contributed by atoms with Gasteiger partial charge in [-0.05, 0) is 42.7 Å². The summed E-state index contributed by atoms with van der Waals surface area (Å²) >= 11 is 3.75. The van der Waals surface area contributed by atoms with E-state index in [-0.39, 0.29) is 5.99 Å². The summed E-state index contributed by atoms with van der Waals surface area (Å²) in [6.45, 7) is 5.73. The monoisotopic (exact) mass is 448 g/mol. The maximum absolute atomic E-state index is 6.08. The van der Waals surface area contributed by atoms with E-state index in [0.717, 1.165) is 23.0 Å². The maximum atomic E-state index is 6.08. The van der Waals surface area contributed by atoms with Crippen LogP contribution in [0.2, 0.25) is 6.82 Å². The molecular weight excluding hydrogens is 418 g/mol. The van der Waals surface area contributed by atoms with Gasteiger partial charge in [-0.1, -0.05) is 77.3 Å². The molecule has 31 heavy (non-hydrogen) atoms. The van der Waals surface area contributed by atoms with E-state index in [9.17, 15) is 0 Å². The van der Waals surface area contributed by atoms with Crippen LogP contribution in [0, 0.1) is 6.92 Å². The van der Waals surface area contributed by atoms with Crippen LogP contribution in [0.5, 0.6) is 11.5 Å². The third-order valence-electron chi connectivity index (χ3n) is 5.00. The molecule has 0 heterocycles. The SMILES string of the molecule is CB(SCCN)c1ccc(Oc2ccc(B(SCCN)c3cccc(C)c3)cc2)cc1. The second kappa shape index (κ2) is 12.3. The van der Waals surface area contributed by atoms with Gasteiger partial charge in [0.05, 0.1) is 0 Å². The fourth-order valence-electron chi connectivity index (χ4n) is 3.40. The van der Waals surface area contributed by atoms with Crippen LogP contribution in [0.1, 0.15) is 5.56 Å². The maximum Gasteiger partial charge on any atom is 0.274 e. The van der Waals surface area contributed by atoms with Crippen LogP contribution in [0.15, 0.2) is 72.8 Å². The number of ether oxygens (including phenoxy) is 1. The Morgan fingerprint density at radius 1 is 0.742 bits per heavy atom. The van der Waals surface area contributed by atoms with E-state index in [0.29, 0.717) is 19.1 Å². The molecule has 0 fully saturated rings. The molecule has 3 aromatic rings. The molecule has 0 saturated heterocycles. The summed E-state index contributed by atoms with van der Waals surface area (Å²) in [7, 11) is 0. The summed E-state index contributed by atoms with van der Waals surface area (Å²) in [5.41, 5.74) is 16.5. The zero-order chi connectivity index (χ0) is 22.1. The molecule has 0 aliphatic heterocycles. The molecule has 0 amide bonds. The molecule has 0 atom stereocenters. The van der Waals surface area contributed by atoms with Gasteiger partial charge in [0, 0.05) is 13.1 Å². The first-order chi connectivity index (χ1) is 15.1. The average Bonchev–Trinajstić information content (AvgIpc) is 2.79. The molecule has 3 aromatic carbocycles. The van der Waals surface area contributed by atoms with Gasteiger partial charge in [0.2, 0.25) is 5.99 Å². The molecule has 0 aliphatic carbocycles. The number of nitrogens with two attached hydrogens (primary N) is 2. The van der Waals surface area contributed by atoms with E-state index >= 15 is 0 Å². The van der Waals surface area contributed by atoms with Crippen molar-refractivity contribution in [3.05, 3.63) is 78.4 Å². The number of hydrogen-bond acceptors (Lipinski definition) is 5. The Hall–Kier alpha value is -1.79. The minimum Gasteiger partial charge on any atom is -0.457 e. The van der Waals surface area contributed by atoms with Crippen LogP contribution >= 0.6 is 23.2 Å². The third-order valence-corrected chi connectivity index (χ3v) is 7.59. The second-order valence-electron chi connectivity index (χ2n) is 7.50. The standard InChI is InChI=1S/C24H30B2N2OS2/c1-19-4-3-5-22(18-19)26(31-17-15-28)21-8-12-24(13-9-21)29-23-10-6-20(7-11-23)25(2)30-16-14-27/h3-13,18H,14-17,27-28H2,1-2H3. The first-order valence-corrected chi connectivity index (χ1v) is 12.8. The Morgan fingerprint density at radius 3 is 1.90 bits per heavy atom. The van der Waals surface area contributed by atoms with Gasteiger partial charge in [0.15, 0.2) is 0 Å². The van der Waals surface area contributed by atoms with Crippen molar-refractivity contribution in [1.29, 1.82) is 0 Å². The first-order valence-electron chi connectivity index (χ1n) is 10.7. The van der Waals surface area contributed by atoms with E-state index < -0.39 is 0 Å². The summed E-state index contributed by atoms with van der Waals surface area (Å²) in [6.07, 6.45) is 0. The number of hydrogen-bond donors (Lipinski definition) is 2. The Kier molecular flexibility index (Phi) is 9.47. The van der Waals surface area contributed by atoms with E-state index in [1.807, 2.05) is 35.4 Å². The van der Waals surface area contributed by atoms with E-state index in [1.165, 1.54) is 22.0 Å². The Balaban J connectivity index is 1.69. The topological polar surface area (TPSA) is 61.3 Å². The largest absolute Gasteiger partial charge is 0.457 e. The predicted octanol–water partition coefficient (Wildman–Crippen LogP) is 3.11. The van der Waals surface area contributed by atoms with Crippen LogP contribution in [0.25, 0.3) is 0 Å². The van der Waals surface area contributed by atoms with Crippen molar-refractivity contribution in [3.8, 4) is 11.5 Å². The van der Waals surface area contributed by atoms with Crippen molar-refractivity contribution in [1.82, 2.24) is 0 Å². The highest BCUT2D eigenvalue weighted by Crippen LogP contribution is 2.21. The van der Waals surface area contributed by atoms with Gasteiger partial charge in [0.1, 0.15) is 11.5 Å². The van der Waals surface area contributed by atoms with E-state index in [1.54, 1.807) is 0 Å². The molecule has 0 unspecified atom stereocenters. The highest BCUT2D eigenvalue weighted by Gasteiger charge is 2.20. The Bertz CT molecular complexity index is 939. The zero-order valence-corrected chi connectivity index (χ0v) is 19.9. The molecule has 4 N–H and O–H groups in total. The van der Waals surface area contributed by atoms with E-state index in [2.05, 4.69) is 74.4 Å². The summed E-state index contributed by atoms with van der Waals surface area (Å²) in [5.74, 6) is 4.28. The number of rotatable bonds is 11. The Labute approximate surface area is 195 Å². The number of aryl methyl sites for hydroxylation is 1. The summed E-state index contributed by atoms with van der Waals surface area (Å²) in [4.78, 5) is 0. The lowest BCUT2D eigenvalue weighted by Gasteiger charge is -2.15. The quantitative estimate of drug-likeness (QED) is 0.442. The van der Waals surface area contributed by atoms with Crippen molar-refractivity contribution in [2.24, 2.45) is 11.5 Å². The average molecular weight is 448 g/mol. The lowest BCUT2D eigenvalue weighted by atomic mass is 9.61. The van der Waals surface area contributed by atoms with Crippen LogP contribution in [0.3, 0.4) is 0 Å². The fraction of sp³-hybridized carbons (Fsp3) is 0.250. The molecule has 0 aliphatic rings. The van der Waals surface area contributed by atoms with Crippen molar-refractivity contribution >= 4 is 51.6 Å². The lowest BCUT2D eigenvalue weighted by molar-refractivity contribution is 0.483. The van der Waals surface area contributed by atoms with Gasteiger partial charge < -0.3 is 16.2 Å². The molecule has 0 saturated carbocycles. The summed E-state index contributed by atoms with van der Waals surface area (Å²) in [5, 5.41) is 0. The molecule has 160 valence electrons. The second-order valence-corrected chi connectivity index (χ2v) is 10.2. The molecule has 0 aromatic heterocycles. The predicted molar refractivity (Wildman–Crippen MR) is 143 cm³/mol. The van der Waals surface area contributed by atoms with E-state index in [4.69, 9.17) is 16.2 Å². The third kappa shape index (κ3) is 7.11. The minimum atomic E-state index is 0.268. The van der Waals surface area contributed by atoms with Crippen molar-refractivity contribution in [3.63, 3.8) is 0 Å². The highest BCUT2D eigenvalue weighted by atomic mass is 32.2. The number of benzene rings is 3. The summed E-state index contributed by atoms with van der Waals surface area (Å²) < 4.78 is 6.08. The van der Waals surface area contributed by atoms with Gasteiger partial charge in [-0.15, -0.1) is 0 Å². The highest BCUT2D eigenvalue weighted by molar-refractivity contribution is 8.28. The normalized spacial score (nSPS) is 10.7. The van der Waals surface area contributed by atoms with Crippen LogP contribution in [-0.2, 0) is 0 Å². The molecular formula is C24H30B2N2OS2. The van der Waals surface area contributed by atoms with Crippen molar-refractivity contribution in [2.75, 3.05) is 24.6 Å². The molecule has 0 bridgehead atoms. The fourth-order valence-corrected chi connectivity index (χ4v) is 5.30. The van der Waals surface area contributed by atoms with Crippen LogP contribution in [0.4, 0.5) is 0 Å².